The number of allylic oxidation sites excluding steroid dienone is 1. The number of nitrogens with zero attached hydrogens (tertiary/aromatic N) is 2. The summed E-state index contributed by atoms with van der Waals surface area (Å²) in [6.07, 6.45) is 7.53. The molecule has 0 bridgehead atoms. The highest BCUT2D eigenvalue weighted by atomic mass is 16.5. The molecule has 1 aliphatic rings. The maximum Gasteiger partial charge on any atom is 0.328 e. The second kappa shape index (κ2) is 10.0. The number of aromatic nitrogens is 2. The third-order valence-electron chi connectivity index (χ3n) is 5.82. The van der Waals surface area contributed by atoms with E-state index < -0.39 is 5.97 Å². The summed E-state index contributed by atoms with van der Waals surface area (Å²) in [5.41, 5.74) is 2.79. The van der Waals surface area contributed by atoms with Gasteiger partial charge in [-0.3, -0.25) is 10.1 Å². The zero-order valence-corrected chi connectivity index (χ0v) is 17.6. The highest BCUT2D eigenvalue weighted by Gasteiger charge is 2.21. The number of hydrogen-bond donors (Lipinski definition) is 2. The van der Waals surface area contributed by atoms with Crippen LogP contribution in [0.15, 0.2) is 71.3 Å². The van der Waals surface area contributed by atoms with Crippen molar-refractivity contribution in [3.8, 4) is 0 Å². The summed E-state index contributed by atoms with van der Waals surface area (Å²) in [4.78, 5) is 27.5. The summed E-state index contributed by atoms with van der Waals surface area (Å²) < 4.78 is 5.16. The first-order valence-corrected chi connectivity index (χ1v) is 10.8. The summed E-state index contributed by atoms with van der Waals surface area (Å²) in [5.74, 6) is 0.0743. The Bertz CT molecular complexity index is 1080. The fourth-order valence-electron chi connectivity index (χ4n) is 4.09. The van der Waals surface area contributed by atoms with E-state index in [0.717, 1.165) is 31.2 Å². The van der Waals surface area contributed by atoms with Crippen molar-refractivity contribution < 1.29 is 19.2 Å². The molecule has 0 saturated heterocycles. The van der Waals surface area contributed by atoms with Crippen LogP contribution in [-0.2, 0) is 11.2 Å². The number of carbonyl (C=O) groups is 2. The van der Waals surface area contributed by atoms with Crippen molar-refractivity contribution in [2.75, 3.05) is 5.32 Å². The van der Waals surface area contributed by atoms with Crippen LogP contribution in [0.4, 0.5) is 6.01 Å². The van der Waals surface area contributed by atoms with E-state index in [1.165, 1.54) is 11.6 Å². The van der Waals surface area contributed by atoms with Gasteiger partial charge in [-0.1, -0.05) is 53.7 Å². The molecule has 0 aliphatic heterocycles. The lowest BCUT2D eigenvalue weighted by molar-refractivity contribution is -0.131. The molecule has 2 aromatic carbocycles. The van der Waals surface area contributed by atoms with E-state index in [0.29, 0.717) is 29.6 Å². The number of amides is 1. The number of carboxylic acids is 1. The van der Waals surface area contributed by atoms with Crippen LogP contribution in [0.2, 0.25) is 0 Å². The second-order valence-electron chi connectivity index (χ2n) is 8.06. The lowest BCUT2D eigenvalue weighted by Gasteiger charge is -2.27. The van der Waals surface area contributed by atoms with Gasteiger partial charge in [0, 0.05) is 18.1 Å². The van der Waals surface area contributed by atoms with Gasteiger partial charge in [0.2, 0.25) is 0 Å². The first-order chi connectivity index (χ1) is 15.6. The molecule has 0 unspecified atom stereocenters. The van der Waals surface area contributed by atoms with Crippen LogP contribution in [0.5, 0.6) is 0 Å². The molecule has 32 heavy (non-hydrogen) atoms. The average Bonchev–Trinajstić information content (AvgIpc) is 3.25. The van der Waals surface area contributed by atoms with Gasteiger partial charge >= 0.3 is 12.0 Å². The lowest BCUT2D eigenvalue weighted by atomic mass is 9.78. The standard InChI is InChI=1S/C25H25N3O4/c29-23(30)15-8-17-6-9-19(10-7-17)20-11-13-21(14-12-20)24(31)27-25-26-22(28-32-25)16-18-4-2-1-3-5-18/h1-5,8,11-15,17,19H,6-7,9-10,16H2,(H,29,30)(H,26,27,28,31)/b15-8+/t17-,19-. The SMILES string of the molecule is O=C(O)/C=C/[C@H]1CC[C@H](c2ccc(C(=O)Nc3nc(Cc4ccccc4)no3)cc2)CC1. The van der Waals surface area contributed by atoms with Crippen molar-refractivity contribution >= 4 is 17.9 Å². The topological polar surface area (TPSA) is 105 Å². The predicted octanol–water partition coefficient (Wildman–Crippen LogP) is 4.83. The molecule has 1 fully saturated rings. The number of aliphatic carboxylic acids is 1. The van der Waals surface area contributed by atoms with Gasteiger partial charge in [0.15, 0.2) is 5.82 Å². The summed E-state index contributed by atoms with van der Waals surface area (Å²) in [7, 11) is 0. The Morgan fingerprint density at radius 1 is 1.03 bits per heavy atom. The molecule has 0 spiro atoms. The summed E-state index contributed by atoms with van der Waals surface area (Å²) in [6.45, 7) is 0. The Hall–Kier alpha value is -3.74. The van der Waals surface area contributed by atoms with E-state index in [1.807, 2.05) is 54.6 Å². The van der Waals surface area contributed by atoms with Gasteiger partial charge in [0.05, 0.1) is 0 Å². The quantitative estimate of drug-likeness (QED) is 0.519. The molecule has 2 N–H and O–H groups in total. The fourth-order valence-corrected chi connectivity index (χ4v) is 4.09. The molecule has 1 aromatic heterocycles. The minimum absolute atomic E-state index is 0.0812. The summed E-state index contributed by atoms with van der Waals surface area (Å²) in [5, 5.41) is 15.3. The van der Waals surface area contributed by atoms with Crippen LogP contribution < -0.4 is 5.32 Å². The Kier molecular flexibility index (Phi) is 6.75. The second-order valence-corrected chi connectivity index (χ2v) is 8.06. The molecule has 1 saturated carbocycles. The molecule has 1 amide bonds. The largest absolute Gasteiger partial charge is 0.478 e. The maximum absolute atomic E-state index is 12.5. The van der Waals surface area contributed by atoms with E-state index in [-0.39, 0.29) is 11.9 Å². The molecule has 1 heterocycles. The Labute approximate surface area is 186 Å². The van der Waals surface area contributed by atoms with E-state index in [2.05, 4.69) is 15.5 Å². The lowest BCUT2D eigenvalue weighted by Crippen LogP contribution is -2.14. The van der Waals surface area contributed by atoms with E-state index in [4.69, 9.17) is 9.63 Å². The molecular formula is C25H25N3O4. The van der Waals surface area contributed by atoms with Crippen LogP contribution in [0, 0.1) is 5.92 Å². The first kappa shape index (κ1) is 21.5. The Morgan fingerprint density at radius 3 is 2.44 bits per heavy atom. The number of carbonyl (C=O) groups excluding carboxylic acids is 1. The van der Waals surface area contributed by atoms with E-state index in [9.17, 15) is 9.59 Å². The van der Waals surface area contributed by atoms with Gasteiger partial charge in [0.1, 0.15) is 0 Å². The number of rotatable bonds is 7. The average molecular weight is 431 g/mol. The highest BCUT2D eigenvalue weighted by Crippen LogP contribution is 2.36. The van der Waals surface area contributed by atoms with Gasteiger partial charge in [-0.25, -0.2) is 4.79 Å². The normalized spacial score (nSPS) is 18.5. The van der Waals surface area contributed by atoms with Crippen molar-refractivity contribution in [3.05, 3.63) is 89.3 Å². The molecule has 1 aliphatic carbocycles. The molecule has 164 valence electrons. The Morgan fingerprint density at radius 2 is 1.75 bits per heavy atom. The van der Waals surface area contributed by atoms with Gasteiger partial charge in [-0.05, 0) is 60.8 Å². The fraction of sp³-hybridized carbons (Fsp3) is 0.280. The molecule has 7 heteroatoms. The maximum atomic E-state index is 12.5. The number of nitrogens with one attached hydrogen (secondary N) is 1. The molecule has 3 aromatic rings. The first-order valence-electron chi connectivity index (χ1n) is 10.8. The van der Waals surface area contributed by atoms with Crippen LogP contribution >= 0.6 is 0 Å². The van der Waals surface area contributed by atoms with Gasteiger partial charge in [0.25, 0.3) is 5.91 Å². The third kappa shape index (κ3) is 5.69. The van der Waals surface area contributed by atoms with Crippen LogP contribution in [0.1, 0.15) is 58.9 Å². The number of hydrogen-bond acceptors (Lipinski definition) is 5. The van der Waals surface area contributed by atoms with Crippen LogP contribution in [-0.4, -0.2) is 27.1 Å². The van der Waals surface area contributed by atoms with Gasteiger partial charge < -0.3 is 9.63 Å². The number of benzene rings is 2. The van der Waals surface area contributed by atoms with Crippen molar-refractivity contribution in [2.45, 2.75) is 38.0 Å². The van der Waals surface area contributed by atoms with E-state index >= 15 is 0 Å². The van der Waals surface area contributed by atoms with Crippen molar-refractivity contribution in [1.82, 2.24) is 10.1 Å². The van der Waals surface area contributed by atoms with Crippen molar-refractivity contribution in [2.24, 2.45) is 5.92 Å². The minimum Gasteiger partial charge on any atom is -0.478 e. The van der Waals surface area contributed by atoms with E-state index in [1.54, 1.807) is 6.08 Å². The zero-order valence-electron chi connectivity index (χ0n) is 17.6. The molecule has 0 radical (unpaired) electrons. The van der Waals surface area contributed by atoms with Gasteiger partial charge in [-0.2, -0.15) is 4.98 Å². The predicted molar refractivity (Wildman–Crippen MR) is 119 cm³/mol. The Balaban J connectivity index is 1.31. The molecular weight excluding hydrogens is 406 g/mol. The number of carboxylic acid groups (broad SMARTS) is 1. The zero-order chi connectivity index (χ0) is 22.3. The molecule has 4 rings (SSSR count). The minimum atomic E-state index is -0.895. The smallest absolute Gasteiger partial charge is 0.328 e. The molecule has 0 atom stereocenters. The van der Waals surface area contributed by atoms with Crippen LogP contribution in [0.3, 0.4) is 0 Å². The molecule has 7 nitrogen and oxygen atoms in total. The summed E-state index contributed by atoms with van der Waals surface area (Å²) >= 11 is 0. The number of anilines is 1. The van der Waals surface area contributed by atoms with Gasteiger partial charge in [-0.15, -0.1) is 0 Å². The van der Waals surface area contributed by atoms with Crippen molar-refractivity contribution in [3.63, 3.8) is 0 Å². The third-order valence-corrected chi connectivity index (χ3v) is 5.82. The monoisotopic (exact) mass is 431 g/mol. The summed E-state index contributed by atoms with van der Waals surface area (Å²) in [6, 6.07) is 17.5. The highest BCUT2D eigenvalue weighted by molar-refractivity contribution is 6.03. The van der Waals surface area contributed by atoms with Crippen LogP contribution in [0.25, 0.3) is 0 Å². The van der Waals surface area contributed by atoms with Crippen molar-refractivity contribution in [1.29, 1.82) is 0 Å².